The lowest BCUT2D eigenvalue weighted by molar-refractivity contribution is -0.0198. The Labute approximate surface area is 309 Å². The number of hydrogen-bond acceptors (Lipinski definition) is 3. The topological polar surface area (TPSA) is 18.5 Å². The predicted molar refractivity (Wildman–Crippen MR) is 208 cm³/mol. The number of nitrogens with one attached hydrogen (secondary N) is 1. The normalized spacial score (nSPS) is 48.8. The van der Waals surface area contributed by atoms with Gasteiger partial charge in [-0.15, -0.1) is 0 Å². The van der Waals surface area contributed by atoms with Crippen molar-refractivity contribution in [2.45, 2.75) is 241 Å². The molecule has 7 saturated carbocycles. The minimum absolute atomic E-state index is 0.692. The van der Waals surface area contributed by atoms with Crippen molar-refractivity contribution in [1.29, 1.82) is 0 Å². The van der Waals surface area contributed by atoms with Crippen LogP contribution in [-0.4, -0.2) is 52.2 Å². The molecule has 10 rings (SSSR count). The fourth-order valence-electron chi connectivity index (χ4n) is 17.3. The van der Waals surface area contributed by atoms with Crippen LogP contribution in [0.25, 0.3) is 0 Å². The summed E-state index contributed by atoms with van der Waals surface area (Å²) in [5.74, 6) is 9.23. The quantitative estimate of drug-likeness (QED) is 0.311. The van der Waals surface area contributed by atoms with Crippen LogP contribution in [0, 0.1) is 53.3 Å². The van der Waals surface area contributed by atoms with Gasteiger partial charge in [-0.3, -0.25) is 15.1 Å². The molecule has 0 aromatic heterocycles. The Morgan fingerprint density at radius 2 is 0.780 bits per heavy atom. The molecule has 10 aliphatic rings. The summed E-state index contributed by atoms with van der Waals surface area (Å²) in [7, 11) is 0. The van der Waals surface area contributed by atoms with E-state index in [4.69, 9.17) is 0 Å². The van der Waals surface area contributed by atoms with E-state index in [1.165, 1.54) is 128 Å². The van der Waals surface area contributed by atoms with Gasteiger partial charge in [-0.05, 0) is 143 Å². The summed E-state index contributed by atoms with van der Waals surface area (Å²) >= 11 is 0. The number of likely N-dealkylation sites (tertiary alicyclic amines) is 2. The van der Waals surface area contributed by atoms with E-state index in [9.17, 15) is 0 Å². The third-order valence-corrected chi connectivity index (χ3v) is 19.0. The van der Waals surface area contributed by atoms with Gasteiger partial charge in [0.15, 0.2) is 0 Å². The maximum absolute atomic E-state index is 4.63. The zero-order valence-electron chi connectivity index (χ0n) is 32.6. The van der Waals surface area contributed by atoms with Gasteiger partial charge >= 0.3 is 0 Å². The van der Waals surface area contributed by atoms with Crippen LogP contribution < -0.4 is 5.32 Å². The van der Waals surface area contributed by atoms with Gasteiger partial charge in [0.2, 0.25) is 0 Å². The molecule has 3 saturated heterocycles. The van der Waals surface area contributed by atoms with Crippen LogP contribution in [0.3, 0.4) is 0 Å². The summed E-state index contributed by atoms with van der Waals surface area (Å²) < 4.78 is 0. The fourth-order valence-corrected chi connectivity index (χ4v) is 17.3. The molecular weight excluding hydrogens is 607 g/mol. The van der Waals surface area contributed by atoms with Crippen molar-refractivity contribution < 1.29 is 0 Å². The smallest absolute Gasteiger partial charge is 0.0607 e. The minimum atomic E-state index is 0.692. The minimum Gasteiger partial charge on any atom is -0.299 e. The molecule has 3 heterocycles. The zero-order chi connectivity index (χ0) is 33.0. The second-order valence-electron chi connectivity index (χ2n) is 21.0. The second kappa shape index (κ2) is 15.2. The largest absolute Gasteiger partial charge is 0.299 e. The third-order valence-electron chi connectivity index (χ3n) is 19.0. The van der Waals surface area contributed by atoms with Gasteiger partial charge in [-0.25, -0.2) is 0 Å². The third kappa shape index (κ3) is 6.24. The van der Waals surface area contributed by atoms with Crippen molar-refractivity contribution in [3.05, 3.63) is 0 Å². The average molecular weight is 686 g/mol. The van der Waals surface area contributed by atoms with Crippen LogP contribution in [0.5, 0.6) is 0 Å². The molecule has 10 fully saturated rings. The van der Waals surface area contributed by atoms with E-state index >= 15 is 0 Å². The van der Waals surface area contributed by atoms with Crippen molar-refractivity contribution >= 4 is 0 Å². The van der Waals surface area contributed by atoms with E-state index in [1.807, 2.05) is 0 Å². The summed E-state index contributed by atoms with van der Waals surface area (Å²) in [6.07, 6.45) is 48.3. The molecule has 3 aliphatic heterocycles. The van der Waals surface area contributed by atoms with Gasteiger partial charge in [0.05, 0.1) is 6.17 Å². The highest BCUT2D eigenvalue weighted by Gasteiger charge is 2.61. The van der Waals surface area contributed by atoms with E-state index in [-0.39, 0.29) is 0 Å². The second-order valence-corrected chi connectivity index (χ2v) is 21.0. The highest BCUT2D eigenvalue weighted by Crippen LogP contribution is 2.61. The Kier molecular flexibility index (Phi) is 10.4. The van der Waals surface area contributed by atoms with E-state index in [0.29, 0.717) is 6.17 Å². The van der Waals surface area contributed by atoms with Gasteiger partial charge in [0, 0.05) is 36.3 Å². The van der Waals surface area contributed by atoms with E-state index < -0.39 is 0 Å². The lowest BCUT2D eigenvalue weighted by Gasteiger charge is -2.51. The molecule has 0 aromatic carbocycles. The van der Waals surface area contributed by atoms with Crippen molar-refractivity contribution in [2.75, 3.05) is 0 Å². The van der Waals surface area contributed by atoms with Crippen molar-refractivity contribution in [3.8, 4) is 0 Å². The van der Waals surface area contributed by atoms with Crippen molar-refractivity contribution in [2.24, 2.45) is 53.3 Å². The standard InChI is InChI=1S/C47H79N3/c1-4-16-32(17-5-1)34-30-40(33-18-6-2-7-19-33)48-45(31-34)50-42-27-13-11-23-39(42)47-37(25-15-29-44(47)50)36-24-14-28-43-46(36)38-22-10-12-26-41(38)49(43)35-20-8-3-9-21-35/h32-48H,1-31H2. The van der Waals surface area contributed by atoms with Gasteiger partial charge < -0.3 is 0 Å². The van der Waals surface area contributed by atoms with E-state index in [0.717, 1.165) is 89.5 Å². The molecule has 3 heteroatoms. The lowest BCUT2D eigenvalue weighted by atomic mass is 9.56. The molecular formula is C47H79N3. The lowest BCUT2D eigenvalue weighted by Crippen LogP contribution is -2.61. The van der Waals surface area contributed by atoms with Crippen LogP contribution in [0.15, 0.2) is 0 Å². The van der Waals surface area contributed by atoms with Crippen molar-refractivity contribution in [1.82, 2.24) is 15.1 Å². The van der Waals surface area contributed by atoms with Gasteiger partial charge in [0.25, 0.3) is 0 Å². The van der Waals surface area contributed by atoms with Crippen LogP contribution in [0.2, 0.25) is 0 Å². The number of nitrogens with zero attached hydrogens (tertiary/aromatic N) is 2. The molecule has 1 N–H and O–H groups in total. The Balaban J connectivity index is 0.948. The van der Waals surface area contributed by atoms with Crippen LogP contribution in [0.4, 0.5) is 0 Å². The molecule has 0 radical (unpaired) electrons. The summed E-state index contributed by atoms with van der Waals surface area (Å²) in [6, 6.07) is 5.47. The average Bonchev–Trinajstić information content (AvgIpc) is 3.72. The number of rotatable bonds is 5. The molecule has 0 bridgehead atoms. The number of piperidine rings is 1. The van der Waals surface area contributed by atoms with Gasteiger partial charge in [-0.2, -0.15) is 0 Å². The molecule has 0 spiro atoms. The molecule has 13 atom stereocenters. The molecule has 13 unspecified atom stereocenters. The fraction of sp³-hybridized carbons (Fsp3) is 1.00. The predicted octanol–water partition coefficient (Wildman–Crippen LogP) is 11.5. The first-order valence-electron chi connectivity index (χ1n) is 24.1. The Hall–Kier alpha value is -0.120. The number of hydrogen-bond donors (Lipinski definition) is 1. The molecule has 7 aliphatic carbocycles. The van der Waals surface area contributed by atoms with E-state index in [2.05, 4.69) is 15.1 Å². The monoisotopic (exact) mass is 686 g/mol. The Morgan fingerprint density at radius 1 is 0.320 bits per heavy atom. The maximum atomic E-state index is 4.63. The highest BCUT2D eigenvalue weighted by molar-refractivity contribution is 5.13. The molecule has 0 aromatic rings. The van der Waals surface area contributed by atoms with Gasteiger partial charge in [0.1, 0.15) is 0 Å². The Morgan fingerprint density at radius 3 is 1.40 bits per heavy atom. The van der Waals surface area contributed by atoms with E-state index in [1.54, 1.807) is 70.6 Å². The first kappa shape index (κ1) is 34.4. The SMILES string of the molecule is C1CCC(C2CC(C3CCCCC3)NC(N3C4CCCCC4C4C(C5CCCC6C5C5CCCCC5N6C5CCCCC5)CCCC43)C2)CC1. The van der Waals surface area contributed by atoms with Gasteiger partial charge in [-0.1, -0.05) is 109 Å². The van der Waals surface area contributed by atoms with Crippen LogP contribution in [-0.2, 0) is 0 Å². The Bertz CT molecular complexity index is 1080. The summed E-state index contributed by atoms with van der Waals surface area (Å²) in [5.41, 5.74) is 0. The highest BCUT2D eigenvalue weighted by atomic mass is 15.3. The molecule has 50 heavy (non-hydrogen) atoms. The zero-order valence-corrected chi connectivity index (χ0v) is 32.6. The molecule has 3 nitrogen and oxygen atoms in total. The number of fused-ring (bicyclic) bond motifs is 6. The van der Waals surface area contributed by atoms with Crippen molar-refractivity contribution in [3.63, 3.8) is 0 Å². The summed E-state index contributed by atoms with van der Waals surface area (Å²) in [4.78, 5) is 6.70. The van der Waals surface area contributed by atoms with Crippen LogP contribution in [0.1, 0.15) is 199 Å². The molecule has 282 valence electrons. The maximum Gasteiger partial charge on any atom is 0.0607 e. The summed E-state index contributed by atoms with van der Waals surface area (Å²) in [6.45, 7) is 0. The first-order chi connectivity index (χ1) is 24.8. The van der Waals surface area contributed by atoms with Crippen LogP contribution >= 0.6 is 0 Å². The molecule has 0 amide bonds. The summed E-state index contributed by atoms with van der Waals surface area (Å²) in [5, 5.41) is 4.63. The first-order valence-corrected chi connectivity index (χ1v) is 24.1.